The fourth-order valence-corrected chi connectivity index (χ4v) is 1.58. The van der Waals surface area contributed by atoms with Crippen LogP contribution in [0.15, 0.2) is 0 Å². The maximum absolute atomic E-state index is 11.9. The molecule has 2 amide bonds. The van der Waals surface area contributed by atoms with Gasteiger partial charge in [-0.15, -0.1) is 0 Å². The van der Waals surface area contributed by atoms with E-state index in [0.29, 0.717) is 13.0 Å². The number of rotatable bonds is 7. The number of urea groups is 1. The molecule has 0 saturated heterocycles. The van der Waals surface area contributed by atoms with Crippen molar-refractivity contribution in [3.8, 4) is 0 Å². The standard InChI is InChI=1S/C12H24N2O3/c1-5-10(4)14(6-2)12(17)13-9(3)7-8-11(15)16/h9-10H,5-8H2,1-4H3,(H,13,17)(H,15,16). The molecule has 5 nitrogen and oxygen atoms in total. The smallest absolute Gasteiger partial charge is 0.317 e. The topological polar surface area (TPSA) is 69.6 Å². The third-order valence-electron chi connectivity index (χ3n) is 2.89. The van der Waals surface area contributed by atoms with Gasteiger partial charge in [-0.05, 0) is 33.6 Å². The molecule has 0 radical (unpaired) electrons. The lowest BCUT2D eigenvalue weighted by molar-refractivity contribution is -0.137. The van der Waals surface area contributed by atoms with E-state index in [4.69, 9.17) is 5.11 Å². The van der Waals surface area contributed by atoms with E-state index in [1.165, 1.54) is 0 Å². The van der Waals surface area contributed by atoms with Crippen LogP contribution in [-0.4, -0.2) is 40.6 Å². The number of carbonyl (C=O) groups is 2. The summed E-state index contributed by atoms with van der Waals surface area (Å²) in [4.78, 5) is 24.1. The summed E-state index contributed by atoms with van der Waals surface area (Å²) in [5.41, 5.74) is 0. The summed E-state index contributed by atoms with van der Waals surface area (Å²) in [6, 6.07) is -0.0249. The van der Waals surface area contributed by atoms with E-state index >= 15 is 0 Å². The van der Waals surface area contributed by atoms with Gasteiger partial charge in [0.1, 0.15) is 0 Å². The van der Waals surface area contributed by atoms with Crippen molar-refractivity contribution in [3.05, 3.63) is 0 Å². The van der Waals surface area contributed by atoms with Crippen molar-refractivity contribution < 1.29 is 14.7 Å². The number of carbonyl (C=O) groups excluding carboxylic acids is 1. The average Bonchev–Trinajstić information content (AvgIpc) is 2.26. The van der Waals surface area contributed by atoms with Gasteiger partial charge in [0.15, 0.2) is 0 Å². The van der Waals surface area contributed by atoms with E-state index in [2.05, 4.69) is 5.32 Å². The first kappa shape index (κ1) is 15.7. The van der Waals surface area contributed by atoms with Crippen molar-refractivity contribution in [3.63, 3.8) is 0 Å². The first-order chi connectivity index (χ1) is 7.92. The summed E-state index contributed by atoms with van der Waals surface area (Å²) >= 11 is 0. The SMILES string of the molecule is CCC(C)N(CC)C(=O)NC(C)CCC(=O)O. The minimum absolute atomic E-state index is 0.0803. The first-order valence-corrected chi connectivity index (χ1v) is 6.21. The number of carboxylic acid groups (broad SMARTS) is 1. The highest BCUT2D eigenvalue weighted by molar-refractivity contribution is 5.75. The number of nitrogens with one attached hydrogen (secondary N) is 1. The van der Waals surface area contributed by atoms with Crippen LogP contribution in [0.3, 0.4) is 0 Å². The molecule has 2 atom stereocenters. The van der Waals surface area contributed by atoms with Crippen LogP contribution in [0.1, 0.15) is 47.0 Å². The average molecular weight is 244 g/mol. The van der Waals surface area contributed by atoms with Gasteiger partial charge in [-0.1, -0.05) is 6.92 Å². The highest BCUT2D eigenvalue weighted by atomic mass is 16.4. The van der Waals surface area contributed by atoms with Crippen LogP contribution in [0.2, 0.25) is 0 Å². The van der Waals surface area contributed by atoms with E-state index in [0.717, 1.165) is 6.42 Å². The third-order valence-corrected chi connectivity index (χ3v) is 2.89. The van der Waals surface area contributed by atoms with Gasteiger partial charge < -0.3 is 15.3 Å². The summed E-state index contributed by atoms with van der Waals surface area (Å²) in [5, 5.41) is 11.4. The summed E-state index contributed by atoms with van der Waals surface area (Å²) in [7, 11) is 0. The lowest BCUT2D eigenvalue weighted by atomic mass is 10.2. The maximum Gasteiger partial charge on any atom is 0.317 e. The minimum Gasteiger partial charge on any atom is -0.481 e. The van der Waals surface area contributed by atoms with Crippen molar-refractivity contribution in [2.45, 2.75) is 59.0 Å². The van der Waals surface area contributed by atoms with Gasteiger partial charge in [-0.3, -0.25) is 4.79 Å². The van der Waals surface area contributed by atoms with Crippen LogP contribution in [-0.2, 0) is 4.79 Å². The predicted molar refractivity (Wildman–Crippen MR) is 67.0 cm³/mol. The van der Waals surface area contributed by atoms with Crippen molar-refractivity contribution in [1.82, 2.24) is 10.2 Å². The van der Waals surface area contributed by atoms with Crippen molar-refractivity contribution in [2.75, 3.05) is 6.54 Å². The Bertz CT molecular complexity index is 256. The molecule has 5 heteroatoms. The maximum atomic E-state index is 11.9. The van der Waals surface area contributed by atoms with Gasteiger partial charge in [0.25, 0.3) is 0 Å². The summed E-state index contributed by atoms with van der Waals surface area (Å²) in [6.07, 6.45) is 1.45. The number of amides is 2. The molecular formula is C12H24N2O3. The van der Waals surface area contributed by atoms with Crippen LogP contribution in [0.25, 0.3) is 0 Å². The zero-order valence-electron chi connectivity index (χ0n) is 11.2. The van der Waals surface area contributed by atoms with Crippen LogP contribution in [0.5, 0.6) is 0 Å². The number of nitrogens with zero attached hydrogens (tertiary/aromatic N) is 1. The largest absolute Gasteiger partial charge is 0.481 e. The number of aliphatic carboxylic acids is 1. The van der Waals surface area contributed by atoms with Crippen molar-refractivity contribution in [2.24, 2.45) is 0 Å². The van der Waals surface area contributed by atoms with Gasteiger partial charge in [0.2, 0.25) is 0 Å². The number of hydrogen-bond donors (Lipinski definition) is 2. The van der Waals surface area contributed by atoms with E-state index in [1.807, 2.05) is 27.7 Å². The van der Waals surface area contributed by atoms with Crippen molar-refractivity contribution in [1.29, 1.82) is 0 Å². The fraction of sp³-hybridized carbons (Fsp3) is 0.833. The van der Waals surface area contributed by atoms with Gasteiger partial charge in [-0.2, -0.15) is 0 Å². The van der Waals surface area contributed by atoms with Crippen LogP contribution in [0, 0.1) is 0 Å². The number of carboxylic acids is 1. The second-order valence-corrected chi connectivity index (χ2v) is 4.33. The van der Waals surface area contributed by atoms with E-state index in [9.17, 15) is 9.59 Å². The molecule has 2 N–H and O–H groups in total. The molecule has 100 valence electrons. The molecule has 0 heterocycles. The molecule has 17 heavy (non-hydrogen) atoms. The lowest BCUT2D eigenvalue weighted by Crippen LogP contribution is -2.47. The Morgan fingerprint density at radius 1 is 1.29 bits per heavy atom. The van der Waals surface area contributed by atoms with Crippen LogP contribution >= 0.6 is 0 Å². The molecular weight excluding hydrogens is 220 g/mol. The molecule has 0 aliphatic rings. The Morgan fingerprint density at radius 3 is 2.29 bits per heavy atom. The zero-order chi connectivity index (χ0) is 13.4. The highest BCUT2D eigenvalue weighted by Gasteiger charge is 2.18. The molecule has 0 spiro atoms. The lowest BCUT2D eigenvalue weighted by Gasteiger charge is -2.28. The quantitative estimate of drug-likeness (QED) is 0.720. The third kappa shape index (κ3) is 6.14. The molecule has 0 bridgehead atoms. The molecule has 2 unspecified atom stereocenters. The Morgan fingerprint density at radius 2 is 1.88 bits per heavy atom. The van der Waals surface area contributed by atoms with Crippen LogP contribution in [0.4, 0.5) is 4.79 Å². The molecule has 0 saturated carbocycles. The van der Waals surface area contributed by atoms with Gasteiger partial charge in [0.05, 0.1) is 0 Å². The molecule has 0 aliphatic heterocycles. The molecule has 0 fully saturated rings. The zero-order valence-corrected chi connectivity index (χ0v) is 11.2. The van der Waals surface area contributed by atoms with E-state index < -0.39 is 5.97 Å². The van der Waals surface area contributed by atoms with Crippen LogP contribution < -0.4 is 5.32 Å². The van der Waals surface area contributed by atoms with E-state index in [-0.39, 0.29) is 24.5 Å². The summed E-state index contributed by atoms with van der Waals surface area (Å²) < 4.78 is 0. The van der Waals surface area contributed by atoms with Gasteiger partial charge in [-0.25, -0.2) is 4.79 Å². The predicted octanol–water partition coefficient (Wildman–Crippen LogP) is 2.07. The first-order valence-electron chi connectivity index (χ1n) is 6.21. The Labute approximate surface area is 103 Å². The highest BCUT2D eigenvalue weighted by Crippen LogP contribution is 2.05. The van der Waals surface area contributed by atoms with E-state index in [1.54, 1.807) is 4.90 Å². The molecule has 0 aromatic rings. The number of hydrogen-bond acceptors (Lipinski definition) is 2. The normalized spacial score (nSPS) is 13.9. The Balaban J connectivity index is 4.16. The van der Waals surface area contributed by atoms with Crippen molar-refractivity contribution >= 4 is 12.0 Å². The van der Waals surface area contributed by atoms with Gasteiger partial charge >= 0.3 is 12.0 Å². The minimum atomic E-state index is -0.833. The molecule has 0 aromatic heterocycles. The summed E-state index contributed by atoms with van der Waals surface area (Å²) in [5.74, 6) is -0.833. The second kappa shape index (κ2) is 7.92. The monoisotopic (exact) mass is 244 g/mol. The summed E-state index contributed by atoms with van der Waals surface area (Å²) in [6.45, 7) is 8.46. The van der Waals surface area contributed by atoms with Gasteiger partial charge in [0, 0.05) is 25.0 Å². The molecule has 0 aliphatic carbocycles. The molecule has 0 aromatic carbocycles. The Hall–Kier alpha value is -1.26. The fourth-order valence-electron chi connectivity index (χ4n) is 1.58. The second-order valence-electron chi connectivity index (χ2n) is 4.33. The molecule has 0 rings (SSSR count). The Kier molecular flexibility index (Phi) is 7.34.